The molecule has 17 heavy (non-hydrogen) atoms. The van der Waals surface area contributed by atoms with Crippen molar-refractivity contribution < 1.29 is 9.21 Å². The topological polar surface area (TPSA) is 86.1 Å². The maximum atomic E-state index is 11.8. The number of carbonyl (C=O) groups excluding carboxylic acids is 1. The maximum absolute atomic E-state index is 11.8. The third-order valence-electron chi connectivity index (χ3n) is 2.36. The predicted molar refractivity (Wildman–Crippen MR) is 62.2 cm³/mol. The minimum absolute atomic E-state index is 0.260. The first-order valence-corrected chi connectivity index (χ1v) is 5.33. The standard InChI is InChI=1S/C11H14N4O2/c1-2-15-6-9(12)10(14-15)11(16)13-5-8-3-4-17-7-8/h3-4,6-7H,2,5,12H2,1H3,(H,13,16). The lowest BCUT2D eigenvalue weighted by Crippen LogP contribution is -2.24. The second-order valence-corrected chi connectivity index (χ2v) is 3.60. The first kappa shape index (κ1) is 11.3. The number of hydrogen-bond donors (Lipinski definition) is 2. The molecule has 3 N–H and O–H groups in total. The third-order valence-corrected chi connectivity index (χ3v) is 2.36. The van der Waals surface area contributed by atoms with Gasteiger partial charge in [0.05, 0.1) is 18.2 Å². The maximum Gasteiger partial charge on any atom is 0.274 e. The molecule has 0 radical (unpaired) electrons. The molecule has 2 aromatic heterocycles. The van der Waals surface area contributed by atoms with Crippen LogP contribution >= 0.6 is 0 Å². The highest BCUT2D eigenvalue weighted by Crippen LogP contribution is 2.09. The average Bonchev–Trinajstić information content (AvgIpc) is 2.94. The third kappa shape index (κ3) is 2.47. The lowest BCUT2D eigenvalue weighted by Gasteiger charge is -2.01. The first-order valence-electron chi connectivity index (χ1n) is 5.33. The number of nitrogens with two attached hydrogens (primary N) is 1. The molecule has 0 bridgehead atoms. The van der Waals surface area contributed by atoms with Crippen molar-refractivity contribution in [2.75, 3.05) is 5.73 Å². The van der Waals surface area contributed by atoms with Crippen LogP contribution in [-0.2, 0) is 13.1 Å². The number of nitrogens with zero attached hydrogens (tertiary/aromatic N) is 2. The fraction of sp³-hybridized carbons (Fsp3) is 0.273. The number of nitrogens with one attached hydrogen (secondary N) is 1. The number of furan rings is 1. The molecule has 1 amide bonds. The smallest absolute Gasteiger partial charge is 0.274 e. The van der Waals surface area contributed by atoms with Gasteiger partial charge in [0.2, 0.25) is 0 Å². The van der Waals surface area contributed by atoms with Gasteiger partial charge in [-0.3, -0.25) is 9.48 Å². The molecule has 0 fully saturated rings. The second kappa shape index (κ2) is 4.73. The van der Waals surface area contributed by atoms with Crippen LogP contribution in [0.3, 0.4) is 0 Å². The molecule has 0 saturated carbocycles. The second-order valence-electron chi connectivity index (χ2n) is 3.60. The lowest BCUT2D eigenvalue weighted by atomic mass is 10.3. The number of aromatic nitrogens is 2. The van der Waals surface area contributed by atoms with Gasteiger partial charge in [-0.1, -0.05) is 0 Å². The van der Waals surface area contributed by atoms with Crippen molar-refractivity contribution in [2.24, 2.45) is 0 Å². The summed E-state index contributed by atoms with van der Waals surface area (Å²) >= 11 is 0. The molecule has 2 aromatic rings. The van der Waals surface area contributed by atoms with Gasteiger partial charge in [-0.25, -0.2) is 0 Å². The van der Waals surface area contributed by atoms with Crippen molar-refractivity contribution in [2.45, 2.75) is 20.0 Å². The van der Waals surface area contributed by atoms with E-state index in [9.17, 15) is 4.79 Å². The number of aryl methyl sites for hydroxylation is 1. The van der Waals surface area contributed by atoms with Crippen LogP contribution in [0.5, 0.6) is 0 Å². The van der Waals surface area contributed by atoms with E-state index < -0.39 is 0 Å². The van der Waals surface area contributed by atoms with Crippen LogP contribution in [-0.4, -0.2) is 15.7 Å². The Labute approximate surface area is 98.4 Å². The zero-order valence-electron chi connectivity index (χ0n) is 9.51. The molecule has 0 atom stereocenters. The Hall–Kier alpha value is -2.24. The van der Waals surface area contributed by atoms with Gasteiger partial charge >= 0.3 is 0 Å². The molecule has 90 valence electrons. The van der Waals surface area contributed by atoms with Crippen molar-refractivity contribution >= 4 is 11.6 Å². The Morgan fingerprint density at radius 1 is 1.65 bits per heavy atom. The summed E-state index contributed by atoms with van der Waals surface area (Å²) in [6, 6.07) is 1.79. The van der Waals surface area contributed by atoms with E-state index in [0.717, 1.165) is 5.56 Å². The Balaban J connectivity index is 2.01. The SMILES string of the molecule is CCn1cc(N)c(C(=O)NCc2ccoc2)n1. The summed E-state index contributed by atoms with van der Waals surface area (Å²) in [5.74, 6) is -0.282. The van der Waals surface area contributed by atoms with Crippen LogP contribution in [0.2, 0.25) is 0 Å². The summed E-state index contributed by atoms with van der Waals surface area (Å²) in [5, 5.41) is 6.81. The van der Waals surface area contributed by atoms with Gasteiger partial charge in [-0.2, -0.15) is 5.10 Å². The van der Waals surface area contributed by atoms with Gasteiger partial charge in [-0.05, 0) is 13.0 Å². The number of nitrogen functional groups attached to an aromatic ring is 1. The largest absolute Gasteiger partial charge is 0.472 e. The highest BCUT2D eigenvalue weighted by atomic mass is 16.3. The molecule has 2 rings (SSSR count). The molecule has 0 aliphatic rings. The number of hydrogen-bond acceptors (Lipinski definition) is 4. The van der Waals surface area contributed by atoms with Gasteiger partial charge in [0, 0.05) is 24.8 Å². The van der Waals surface area contributed by atoms with Crippen LogP contribution < -0.4 is 11.1 Å². The van der Waals surface area contributed by atoms with Crippen LogP contribution in [0.4, 0.5) is 5.69 Å². The molecule has 6 heteroatoms. The highest BCUT2D eigenvalue weighted by Gasteiger charge is 2.14. The lowest BCUT2D eigenvalue weighted by molar-refractivity contribution is 0.0946. The molecule has 0 saturated heterocycles. The number of carbonyl (C=O) groups is 1. The molecule has 0 unspecified atom stereocenters. The predicted octanol–water partition coefficient (Wildman–Crippen LogP) is 1.01. The number of rotatable bonds is 4. The summed E-state index contributed by atoms with van der Waals surface area (Å²) < 4.78 is 6.53. The van der Waals surface area contributed by atoms with E-state index >= 15 is 0 Å². The van der Waals surface area contributed by atoms with E-state index in [1.807, 2.05) is 6.92 Å². The summed E-state index contributed by atoms with van der Waals surface area (Å²) in [4.78, 5) is 11.8. The van der Waals surface area contributed by atoms with E-state index in [0.29, 0.717) is 18.8 Å². The number of amides is 1. The van der Waals surface area contributed by atoms with Gasteiger partial charge in [0.15, 0.2) is 5.69 Å². The summed E-state index contributed by atoms with van der Waals surface area (Å²) in [7, 11) is 0. The number of anilines is 1. The fourth-order valence-electron chi connectivity index (χ4n) is 1.43. The molecule has 2 heterocycles. The van der Waals surface area contributed by atoms with E-state index in [1.54, 1.807) is 29.5 Å². The zero-order valence-corrected chi connectivity index (χ0v) is 9.51. The van der Waals surface area contributed by atoms with Crippen LogP contribution in [0, 0.1) is 0 Å². The van der Waals surface area contributed by atoms with Gasteiger partial charge in [0.1, 0.15) is 0 Å². The Morgan fingerprint density at radius 3 is 3.06 bits per heavy atom. The summed E-state index contributed by atoms with van der Waals surface area (Å²) in [6.07, 6.45) is 4.78. The molecule has 6 nitrogen and oxygen atoms in total. The normalized spacial score (nSPS) is 10.4. The molecule has 0 spiro atoms. The van der Waals surface area contributed by atoms with Gasteiger partial charge < -0.3 is 15.5 Å². The van der Waals surface area contributed by atoms with Gasteiger partial charge in [0.25, 0.3) is 5.91 Å². The Kier molecular flexibility index (Phi) is 3.13. The quantitative estimate of drug-likeness (QED) is 0.826. The van der Waals surface area contributed by atoms with Crippen LogP contribution in [0.15, 0.2) is 29.2 Å². The van der Waals surface area contributed by atoms with Crippen molar-refractivity contribution in [1.29, 1.82) is 0 Å². The van der Waals surface area contributed by atoms with Crippen molar-refractivity contribution in [3.8, 4) is 0 Å². The van der Waals surface area contributed by atoms with Crippen molar-refractivity contribution in [3.05, 3.63) is 36.0 Å². The minimum atomic E-state index is -0.282. The van der Waals surface area contributed by atoms with Crippen LogP contribution in [0.25, 0.3) is 0 Å². The van der Waals surface area contributed by atoms with E-state index in [2.05, 4.69) is 10.4 Å². The zero-order chi connectivity index (χ0) is 12.3. The first-order chi connectivity index (χ1) is 8.20. The van der Waals surface area contributed by atoms with Crippen molar-refractivity contribution in [1.82, 2.24) is 15.1 Å². The molecule has 0 aliphatic heterocycles. The molecule has 0 aliphatic carbocycles. The van der Waals surface area contributed by atoms with E-state index in [4.69, 9.17) is 10.2 Å². The van der Waals surface area contributed by atoms with E-state index in [-0.39, 0.29) is 11.6 Å². The highest BCUT2D eigenvalue weighted by molar-refractivity contribution is 5.96. The Bertz CT molecular complexity index is 502. The Morgan fingerprint density at radius 2 is 2.47 bits per heavy atom. The molecular formula is C11H14N4O2. The summed E-state index contributed by atoms with van der Waals surface area (Å²) in [5.41, 5.74) is 7.24. The van der Waals surface area contributed by atoms with Gasteiger partial charge in [-0.15, -0.1) is 0 Å². The molecular weight excluding hydrogens is 220 g/mol. The summed E-state index contributed by atoms with van der Waals surface area (Å²) in [6.45, 7) is 3.01. The minimum Gasteiger partial charge on any atom is -0.472 e. The monoisotopic (exact) mass is 234 g/mol. The molecule has 0 aromatic carbocycles. The fourth-order valence-corrected chi connectivity index (χ4v) is 1.43. The average molecular weight is 234 g/mol. The van der Waals surface area contributed by atoms with Crippen molar-refractivity contribution in [3.63, 3.8) is 0 Å². The van der Waals surface area contributed by atoms with E-state index in [1.165, 1.54) is 0 Å². The van der Waals surface area contributed by atoms with Crippen LogP contribution in [0.1, 0.15) is 23.0 Å².